The molecule has 0 radical (unpaired) electrons. The van der Waals surface area contributed by atoms with Crippen LogP contribution in [0.15, 0.2) is 24.5 Å². The lowest BCUT2D eigenvalue weighted by Gasteiger charge is -2.36. The second kappa shape index (κ2) is 8.99. The zero-order valence-corrected chi connectivity index (χ0v) is 14.6. The van der Waals surface area contributed by atoms with Gasteiger partial charge in [-0.3, -0.25) is 14.6 Å². The van der Waals surface area contributed by atoms with Crippen LogP contribution >= 0.6 is 12.4 Å². The van der Waals surface area contributed by atoms with E-state index in [9.17, 15) is 9.59 Å². The molecule has 1 aromatic heterocycles. The predicted octanol–water partition coefficient (Wildman–Crippen LogP) is 1.28. The number of hydrogen-bond donors (Lipinski definition) is 2. The number of piperazine rings is 1. The second-order valence-corrected chi connectivity index (χ2v) is 6.26. The van der Waals surface area contributed by atoms with Gasteiger partial charge in [0.25, 0.3) is 0 Å². The van der Waals surface area contributed by atoms with E-state index in [0.717, 1.165) is 31.5 Å². The number of amides is 2. The summed E-state index contributed by atoms with van der Waals surface area (Å²) in [7, 11) is 0. The van der Waals surface area contributed by atoms with Crippen LogP contribution in [-0.4, -0.2) is 47.9 Å². The average molecular weight is 353 g/mol. The highest BCUT2D eigenvalue weighted by Gasteiger charge is 2.29. The van der Waals surface area contributed by atoms with Crippen molar-refractivity contribution in [2.24, 2.45) is 5.92 Å². The molecule has 0 aromatic carbocycles. The van der Waals surface area contributed by atoms with E-state index >= 15 is 0 Å². The maximum Gasteiger partial charge on any atom is 0.223 e. The molecule has 132 valence electrons. The van der Waals surface area contributed by atoms with Gasteiger partial charge in [-0.05, 0) is 30.9 Å². The first-order valence-electron chi connectivity index (χ1n) is 8.43. The number of rotatable bonds is 6. The Hall–Kier alpha value is -1.66. The number of hydrogen-bond acceptors (Lipinski definition) is 4. The molecule has 24 heavy (non-hydrogen) atoms. The van der Waals surface area contributed by atoms with Crippen LogP contribution in [0.5, 0.6) is 0 Å². The Bertz CT molecular complexity index is 551. The Morgan fingerprint density at radius 3 is 2.92 bits per heavy atom. The number of pyridine rings is 1. The van der Waals surface area contributed by atoms with Gasteiger partial charge in [-0.25, -0.2) is 0 Å². The SMILES string of the molecule is Cl.O=C(NCCCC(=O)N1CCNCC1c1cccnc1)C1CC1. The topological polar surface area (TPSA) is 74.3 Å². The van der Waals surface area contributed by atoms with Crippen molar-refractivity contribution in [3.63, 3.8) is 0 Å². The maximum atomic E-state index is 12.5. The average Bonchev–Trinajstić information content (AvgIpc) is 3.44. The molecule has 1 saturated carbocycles. The molecule has 3 rings (SSSR count). The third-order valence-corrected chi connectivity index (χ3v) is 4.45. The number of carbonyl (C=O) groups excluding carboxylic acids is 2. The fourth-order valence-electron chi connectivity index (χ4n) is 2.96. The number of nitrogens with one attached hydrogen (secondary N) is 2. The third-order valence-electron chi connectivity index (χ3n) is 4.45. The lowest BCUT2D eigenvalue weighted by atomic mass is 10.0. The molecular weight excluding hydrogens is 328 g/mol. The first-order chi connectivity index (χ1) is 11.3. The Morgan fingerprint density at radius 2 is 2.21 bits per heavy atom. The summed E-state index contributed by atoms with van der Waals surface area (Å²) in [6.45, 7) is 2.88. The lowest BCUT2D eigenvalue weighted by molar-refractivity contribution is -0.134. The van der Waals surface area contributed by atoms with Crippen LogP contribution in [-0.2, 0) is 9.59 Å². The van der Waals surface area contributed by atoms with E-state index in [1.54, 1.807) is 6.20 Å². The summed E-state index contributed by atoms with van der Waals surface area (Å²) in [6.07, 6.45) is 6.77. The highest BCUT2D eigenvalue weighted by atomic mass is 35.5. The van der Waals surface area contributed by atoms with Gasteiger partial charge in [0.05, 0.1) is 6.04 Å². The van der Waals surface area contributed by atoms with Crippen LogP contribution < -0.4 is 10.6 Å². The minimum atomic E-state index is 0. The number of nitrogens with zero attached hydrogens (tertiary/aromatic N) is 2. The molecule has 1 aliphatic carbocycles. The monoisotopic (exact) mass is 352 g/mol. The molecule has 2 aliphatic rings. The van der Waals surface area contributed by atoms with E-state index in [1.807, 2.05) is 23.2 Å². The molecule has 2 fully saturated rings. The van der Waals surface area contributed by atoms with Crippen LogP contribution in [0.1, 0.15) is 37.3 Å². The predicted molar refractivity (Wildman–Crippen MR) is 93.8 cm³/mol. The molecule has 2 amide bonds. The van der Waals surface area contributed by atoms with Crippen LogP contribution in [0.4, 0.5) is 0 Å². The van der Waals surface area contributed by atoms with Gasteiger partial charge < -0.3 is 15.5 Å². The first kappa shape index (κ1) is 18.7. The molecule has 2 heterocycles. The minimum Gasteiger partial charge on any atom is -0.356 e. The highest BCUT2D eigenvalue weighted by Crippen LogP contribution is 2.28. The molecular formula is C17H25ClN4O2. The van der Waals surface area contributed by atoms with E-state index in [-0.39, 0.29) is 36.2 Å². The van der Waals surface area contributed by atoms with E-state index in [0.29, 0.717) is 25.9 Å². The van der Waals surface area contributed by atoms with Gasteiger partial charge >= 0.3 is 0 Å². The zero-order valence-electron chi connectivity index (χ0n) is 13.7. The highest BCUT2D eigenvalue weighted by molar-refractivity contribution is 5.85. The van der Waals surface area contributed by atoms with Crippen molar-refractivity contribution in [3.8, 4) is 0 Å². The Morgan fingerprint density at radius 1 is 1.38 bits per heavy atom. The number of halogens is 1. The second-order valence-electron chi connectivity index (χ2n) is 6.26. The largest absolute Gasteiger partial charge is 0.356 e. The Balaban J connectivity index is 0.00000208. The molecule has 1 unspecified atom stereocenters. The summed E-state index contributed by atoms with van der Waals surface area (Å²) in [5.74, 6) is 0.530. The molecule has 1 atom stereocenters. The van der Waals surface area contributed by atoms with Gasteiger partial charge in [-0.15, -0.1) is 12.4 Å². The minimum absolute atomic E-state index is 0. The van der Waals surface area contributed by atoms with Crippen molar-refractivity contribution in [2.45, 2.75) is 31.7 Å². The third kappa shape index (κ3) is 4.92. The normalized spacial score (nSPS) is 20.2. The van der Waals surface area contributed by atoms with Crippen LogP contribution in [0.2, 0.25) is 0 Å². The van der Waals surface area contributed by atoms with Crippen molar-refractivity contribution in [1.82, 2.24) is 20.5 Å². The van der Waals surface area contributed by atoms with E-state index in [2.05, 4.69) is 15.6 Å². The quantitative estimate of drug-likeness (QED) is 0.756. The Kier molecular flexibility index (Phi) is 6.99. The molecule has 0 bridgehead atoms. The molecule has 6 nitrogen and oxygen atoms in total. The van der Waals surface area contributed by atoms with E-state index in [1.165, 1.54) is 0 Å². The van der Waals surface area contributed by atoms with Crippen molar-refractivity contribution >= 4 is 24.2 Å². The van der Waals surface area contributed by atoms with Crippen LogP contribution in [0.25, 0.3) is 0 Å². The lowest BCUT2D eigenvalue weighted by Crippen LogP contribution is -2.48. The molecule has 0 spiro atoms. The van der Waals surface area contributed by atoms with Gasteiger partial charge in [0.15, 0.2) is 0 Å². The smallest absolute Gasteiger partial charge is 0.223 e. The molecule has 1 aromatic rings. The summed E-state index contributed by atoms with van der Waals surface area (Å²) >= 11 is 0. The zero-order chi connectivity index (χ0) is 16.1. The van der Waals surface area contributed by atoms with Gasteiger partial charge in [-0.2, -0.15) is 0 Å². The van der Waals surface area contributed by atoms with Crippen molar-refractivity contribution in [3.05, 3.63) is 30.1 Å². The fourth-order valence-corrected chi connectivity index (χ4v) is 2.96. The molecule has 2 N–H and O–H groups in total. The number of aromatic nitrogens is 1. The van der Waals surface area contributed by atoms with Crippen molar-refractivity contribution < 1.29 is 9.59 Å². The molecule has 1 aliphatic heterocycles. The van der Waals surface area contributed by atoms with Crippen LogP contribution in [0, 0.1) is 5.92 Å². The van der Waals surface area contributed by atoms with Gasteiger partial charge in [0.1, 0.15) is 0 Å². The number of carbonyl (C=O) groups is 2. The van der Waals surface area contributed by atoms with Gasteiger partial charge in [0.2, 0.25) is 11.8 Å². The summed E-state index contributed by atoms with van der Waals surface area (Å²) < 4.78 is 0. The maximum absolute atomic E-state index is 12.5. The first-order valence-corrected chi connectivity index (χ1v) is 8.43. The summed E-state index contributed by atoms with van der Waals surface area (Å²) in [4.78, 5) is 30.2. The summed E-state index contributed by atoms with van der Waals surface area (Å²) in [6, 6.07) is 3.96. The Labute approximate surface area is 148 Å². The van der Waals surface area contributed by atoms with Crippen molar-refractivity contribution in [2.75, 3.05) is 26.2 Å². The van der Waals surface area contributed by atoms with Gasteiger partial charge in [-0.1, -0.05) is 6.07 Å². The van der Waals surface area contributed by atoms with E-state index < -0.39 is 0 Å². The fraction of sp³-hybridized carbons (Fsp3) is 0.588. The summed E-state index contributed by atoms with van der Waals surface area (Å²) in [5.41, 5.74) is 1.06. The summed E-state index contributed by atoms with van der Waals surface area (Å²) in [5, 5.41) is 6.25. The van der Waals surface area contributed by atoms with Gasteiger partial charge in [0, 0.05) is 50.9 Å². The van der Waals surface area contributed by atoms with Crippen molar-refractivity contribution in [1.29, 1.82) is 0 Å². The molecule has 7 heteroatoms. The van der Waals surface area contributed by atoms with E-state index in [4.69, 9.17) is 0 Å². The standard InChI is InChI=1S/C17H24N4O2.ClH/c22-16(4-2-8-20-17(23)13-5-6-13)21-10-9-19-12-15(21)14-3-1-7-18-11-14;/h1,3,7,11,13,15,19H,2,4-6,8-10,12H2,(H,20,23);1H. The van der Waals surface area contributed by atoms with Crippen LogP contribution in [0.3, 0.4) is 0 Å². The molecule has 1 saturated heterocycles.